The van der Waals surface area contributed by atoms with Crippen molar-refractivity contribution in [3.05, 3.63) is 10.6 Å². The van der Waals surface area contributed by atoms with Crippen molar-refractivity contribution in [2.45, 2.75) is 20.3 Å². The first kappa shape index (κ1) is 7.89. The van der Waals surface area contributed by atoms with E-state index in [1.807, 2.05) is 6.92 Å². The van der Waals surface area contributed by atoms with Gasteiger partial charge >= 0.3 is 0 Å². The number of thioether (sulfide) groups is 1. The third-order valence-corrected chi connectivity index (χ3v) is 2.11. The van der Waals surface area contributed by atoms with Gasteiger partial charge in [-0.1, -0.05) is 6.92 Å². The molecule has 0 saturated carbocycles. The topological polar surface area (TPSA) is 26.0 Å². The summed E-state index contributed by atoms with van der Waals surface area (Å²) >= 11 is 1.73. The van der Waals surface area contributed by atoms with Crippen LogP contribution in [0.1, 0.15) is 20.3 Å². The highest BCUT2D eigenvalue weighted by atomic mass is 32.2. The van der Waals surface area contributed by atoms with Crippen LogP contribution in [0.4, 0.5) is 0 Å². The summed E-state index contributed by atoms with van der Waals surface area (Å²) in [6.45, 7) is 4.05. The zero-order chi connectivity index (χ0) is 6.57. The number of allylic oxidation sites excluding steroid dienone is 2. The predicted octanol–water partition coefficient (Wildman–Crippen LogP) is 1.95. The Bertz CT molecular complexity index is 86.7. The zero-order valence-electron chi connectivity index (χ0n) is 5.69. The minimum absolute atomic E-state index is 0.958. The Morgan fingerprint density at radius 3 is 2.12 bits per heavy atom. The first-order chi connectivity index (χ1) is 3.72. The van der Waals surface area contributed by atoms with Gasteiger partial charge < -0.3 is 5.73 Å². The predicted molar refractivity (Wildman–Crippen MR) is 40.7 cm³/mol. The normalized spacial score (nSPS) is 13.4. The van der Waals surface area contributed by atoms with Gasteiger partial charge in [-0.3, -0.25) is 0 Å². The summed E-state index contributed by atoms with van der Waals surface area (Å²) in [4.78, 5) is 1.30. The molecule has 0 aromatic carbocycles. The first-order valence-electron chi connectivity index (χ1n) is 2.71. The molecule has 8 heavy (non-hydrogen) atoms. The molecule has 0 rings (SSSR count). The molecule has 0 saturated heterocycles. The van der Waals surface area contributed by atoms with E-state index in [-0.39, 0.29) is 0 Å². The van der Waals surface area contributed by atoms with E-state index in [9.17, 15) is 0 Å². The van der Waals surface area contributed by atoms with Crippen LogP contribution in [0.25, 0.3) is 0 Å². The van der Waals surface area contributed by atoms with Gasteiger partial charge in [0.2, 0.25) is 0 Å². The summed E-state index contributed by atoms with van der Waals surface area (Å²) in [5.74, 6) is 0. The fourth-order valence-corrected chi connectivity index (χ4v) is 1.19. The molecule has 0 heterocycles. The van der Waals surface area contributed by atoms with Crippen LogP contribution in [0.3, 0.4) is 0 Å². The first-order valence-corrected chi connectivity index (χ1v) is 3.94. The molecule has 48 valence electrons. The minimum atomic E-state index is 0.958. The van der Waals surface area contributed by atoms with Crippen molar-refractivity contribution >= 4 is 11.8 Å². The second kappa shape index (κ2) is 3.84. The molecule has 0 fully saturated rings. The van der Waals surface area contributed by atoms with E-state index in [0.717, 1.165) is 12.1 Å². The van der Waals surface area contributed by atoms with Crippen LogP contribution in [0, 0.1) is 0 Å². The van der Waals surface area contributed by atoms with Crippen molar-refractivity contribution in [3.8, 4) is 0 Å². The summed E-state index contributed by atoms with van der Waals surface area (Å²) in [5.41, 5.74) is 6.47. The van der Waals surface area contributed by atoms with E-state index < -0.39 is 0 Å². The minimum Gasteiger partial charge on any atom is -0.402 e. The van der Waals surface area contributed by atoms with Crippen LogP contribution >= 0.6 is 11.8 Å². The van der Waals surface area contributed by atoms with E-state index in [4.69, 9.17) is 5.73 Å². The molecular weight excluding hydrogens is 118 g/mol. The van der Waals surface area contributed by atoms with Gasteiger partial charge in [-0.2, -0.15) is 0 Å². The van der Waals surface area contributed by atoms with Crippen LogP contribution in [0.2, 0.25) is 0 Å². The van der Waals surface area contributed by atoms with Crippen LogP contribution in [-0.2, 0) is 0 Å². The van der Waals surface area contributed by atoms with Gasteiger partial charge in [0.05, 0.1) is 0 Å². The van der Waals surface area contributed by atoms with Gasteiger partial charge in [-0.25, -0.2) is 0 Å². The molecule has 0 aliphatic carbocycles. The van der Waals surface area contributed by atoms with Crippen molar-refractivity contribution in [1.29, 1.82) is 0 Å². The Morgan fingerprint density at radius 1 is 1.62 bits per heavy atom. The number of hydrogen-bond acceptors (Lipinski definition) is 2. The Labute approximate surface area is 55.3 Å². The Hall–Kier alpha value is -0.110. The van der Waals surface area contributed by atoms with Crippen LogP contribution < -0.4 is 5.73 Å². The molecule has 0 atom stereocenters. The van der Waals surface area contributed by atoms with E-state index in [0.29, 0.717) is 0 Å². The maximum atomic E-state index is 5.52. The molecule has 2 heteroatoms. The molecule has 0 unspecified atom stereocenters. The standard InChI is InChI=1S/C6H13NS/c1-4-6(8-3)5(2)7/h4,7H2,1-3H3/b6-5-. The van der Waals surface area contributed by atoms with E-state index in [1.165, 1.54) is 4.91 Å². The van der Waals surface area contributed by atoms with Gasteiger partial charge in [0.15, 0.2) is 0 Å². The molecule has 2 N–H and O–H groups in total. The lowest BCUT2D eigenvalue weighted by molar-refractivity contribution is 1.13. The lowest BCUT2D eigenvalue weighted by Crippen LogP contribution is -1.93. The van der Waals surface area contributed by atoms with Gasteiger partial charge in [0.1, 0.15) is 0 Å². The lowest BCUT2D eigenvalue weighted by atomic mass is 10.4. The average molecular weight is 131 g/mol. The van der Waals surface area contributed by atoms with Crippen molar-refractivity contribution in [2.75, 3.05) is 6.26 Å². The van der Waals surface area contributed by atoms with Gasteiger partial charge in [0, 0.05) is 10.6 Å². The SMILES string of the molecule is CC/C(SC)=C(\C)N. The van der Waals surface area contributed by atoms with Crippen molar-refractivity contribution in [3.63, 3.8) is 0 Å². The summed E-state index contributed by atoms with van der Waals surface area (Å²) < 4.78 is 0. The average Bonchev–Trinajstić information content (AvgIpc) is 1.69. The molecule has 0 radical (unpaired) electrons. The second-order valence-electron chi connectivity index (χ2n) is 1.66. The highest BCUT2D eigenvalue weighted by Crippen LogP contribution is 2.16. The van der Waals surface area contributed by atoms with Crippen LogP contribution in [0.5, 0.6) is 0 Å². The molecule has 0 spiro atoms. The maximum Gasteiger partial charge on any atom is 0.0145 e. The smallest absolute Gasteiger partial charge is 0.0145 e. The second-order valence-corrected chi connectivity index (χ2v) is 2.56. The number of nitrogens with two attached hydrogens (primary N) is 1. The van der Waals surface area contributed by atoms with Gasteiger partial charge in [-0.05, 0) is 19.6 Å². The molecule has 0 aliphatic rings. The van der Waals surface area contributed by atoms with Crippen molar-refractivity contribution in [1.82, 2.24) is 0 Å². The van der Waals surface area contributed by atoms with Crippen molar-refractivity contribution < 1.29 is 0 Å². The molecule has 0 bridgehead atoms. The molecule has 0 amide bonds. The summed E-state index contributed by atoms with van der Waals surface area (Å²) in [6, 6.07) is 0. The fraction of sp³-hybridized carbons (Fsp3) is 0.667. The zero-order valence-corrected chi connectivity index (χ0v) is 6.51. The summed E-state index contributed by atoms with van der Waals surface area (Å²) in [7, 11) is 0. The van der Waals surface area contributed by atoms with E-state index >= 15 is 0 Å². The Balaban J connectivity index is 3.86. The van der Waals surface area contributed by atoms with Gasteiger partial charge in [0.25, 0.3) is 0 Å². The van der Waals surface area contributed by atoms with Crippen LogP contribution in [0.15, 0.2) is 10.6 Å². The lowest BCUT2D eigenvalue weighted by Gasteiger charge is -1.99. The van der Waals surface area contributed by atoms with Crippen molar-refractivity contribution in [2.24, 2.45) is 5.73 Å². The molecular formula is C6H13NS. The molecule has 1 nitrogen and oxygen atoms in total. The maximum absolute atomic E-state index is 5.52. The number of hydrogen-bond donors (Lipinski definition) is 1. The third-order valence-electron chi connectivity index (χ3n) is 1.01. The fourth-order valence-electron chi connectivity index (χ4n) is 0.584. The Morgan fingerprint density at radius 2 is 2.12 bits per heavy atom. The molecule has 0 aliphatic heterocycles. The van der Waals surface area contributed by atoms with E-state index in [2.05, 4.69) is 13.2 Å². The largest absolute Gasteiger partial charge is 0.402 e. The quantitative estimate of drug-likeness (QED) is 0.620. The molecule has 0 aromatic rings. The highest BCUT2D eigenvalue weighted by molar-refractivity contribution is 8.02. The summed E-state index contributed by atoms with van der Waals surface area (Å²) in [6.07, 6.45) is 3.11. The summed E-state index contributed by atoms with van der Waals surface area (Å²) in [5, 5.41) is 0. The monoisotopic (exact) mass is 131 g/mol. The number of rotatable bonds is 2. The molecule has 0 aromatic heterocycles. The Kier molecular flexibility index (Phi) is 3.79. The van der Waals surface area contributed by atoms with E-state index in [1.54, 1.807) is 11.8 Å². The van der Waals surface area contributed by atoms with Gasteiger partial charge in [-0.15, -0.1) is 11.8 Å². The highest BCUT2D eigenvalue weighted by Gasteiger charge is 1.91. The van der Waals surface area contributed by atoms with Crippen LogP contribution in [-0.4, -0.2) is 6.26 Å². The third kappa shape index (κ3) is 2.26.